The molecule has 1 spiro atoms. The molecule has 3 heterocycles. The molecule has 7 heteroatoms. The predicted molar refractivity (Wildman–Crippen MR) is 95.8 cm³/mol. The van der Waals surface area contributed by atoms with Crippen LogP contribution in [0.3, 0.4) is 0 Å². The Labute approximate surface area is 152 Å². The fraction of sp³-hybridized carbons (Fsp3) is 0.667. The van der Waals surface area contributed by atoms with Gasteiger partial charge in [-0.25, -0.2) is 0 Å². The van der Waals surface area contributed by atoms with Gasteiger partial charge in [-0.05, 0) is 42.7 Å². The van der Waals surface area contributed by atoms with Crippen molar-refractivity contribution in [2.75, 3.05) is 39.8 Å². The van der Waals surface area contributed by atoms with Gasteiger partial charge >= 0.3 is 0 Å². The minimum Gasteiger partial charge on any atom is -0.368 e. The minimum atomic E-state index is -0.305. The number of aryl methyl sites for hydroxylation is 1. The summed E-state index contributed by atoms with van der Waals surface area (Å²) in [5.41, 5.74) is 0.732. The number of likely N-dealkylation sites (N-methyl/N-ethyl adjacent to an activating group) is 1. The first-order valence-corrected chi connectivity index (χ1v) is 9.82. The molecule has 1 aliphatic carbocycles. The number of carbonyl (C=O) groups is 2. The lowest BCUT2D eigenvalue weighted by Gasteiger charge is -2.55. The normalized spacial score (nSPS) is 25.7. The summed E-state index contributed by atoms with van der Waals surface area (Å²) < 4.78 is 6.10. The molecule has 2 amide bonds. The van der Waals surface area contributed by atoms with Crippen LogP contribution in [-0.2, 0) is 9.53 Å². The zero-order valence-electron chi connectivity index (χ0n) is 14.8. The molecule has 6 nitrogen and oxygen atoms in total. The van der Waals surface area contributed by atoms with Gasteiger partial charge in [-0.1, -0.05) is 0 Å². The topological polar surface area (TPSA) is 61.9 Å². The highest BCUT2D eigenvalue weighted by atomic mass is 32.1. The second-order valence-corrected chi connectivity index (χ2v) is 8.51. The zero-order chi connectivity index (χ0) is 17.6. The van der Waals surface area contributed by atoms with Gasteiger partial charge in [0.25, 0.3) is 5.91 Å². The number of likely N-dealkylation sites (tertiary alicyclic amines) is 1. The van der Waals surface area contributed by atoms with Crippen molar-refractivity contribution in [3.8, 4) is 0 Å². The Hall–Kier alpha value is -1.44. The highest BCUT2D eigenvalue weighted by molar-refractivity contribution is 7.12. The van der Waals surface area contributed by atoms with Crippen LogP contribution < -0.4 is 5.32 Å². The Morgan fingerprint density at radius 1 is 1.36 bits per heavy atom. The average molecular weight is 363 g/mol. The Bertz CT molecular complexity index is 679. The van der Waals surface area contributed by atoms with Gasteiger partial charge in [0.05, 0.1) is 24.6 Å². The number of amides is 2. The number of hydrogen-bond acceptors (Lipinski definition) is 5. The van der Waals surface area contributed by atoms with Crippen molar-refractivity contribution in [1.82, 2.24) is 15.1 Å². The Morgan fingerprint density at radius 2 is 2.12 bits per heavy atom. The SMILES string of the molecule is CNC(=O)[C@@H]1COC2(CN(C(=O)c3sccc3C)C2)CN1CC1CC1. The van der Waals surface area contributed by atoms with E-state index in [1.165, 1.54) is 24.2 Å². The van der Waals surface area contributed by atoms with Gasteiger partial charge in [0.2, 0.25) is 5.91 Å². The van der Waals surface area contributed by atoms with E-state index in [2.05, 4.69) is 10.2 Å². The molecule has 1 saturated carbocycles. The lowest BCUT2D eigenvalue weighted by atomic mass is 9.89. The highest BCUT2D eigenvalue weighted by Gasteiger charge is 2.52. The molecule has 25 heavy (non-hydrogen) atoms. The van der Waals surface area contributed by atoms with Crippen LogP contribution in [0.15, 0.2) is 11.4 Å². The second kappa shape index (κ2) is 6.37. The van der Waals surface area contributed by atoms with Crippen molar-refractivity contribution < 1.29 is 14.3 Å². The van der Waals surface area contributed by atoms with Crippen LogP contribution in [0, 0.1) is 12.8 Å². The van der Waals surface area contributed by atoms with Gasteiger partial charge in [0, 0.05) is 20.1 Å². The Balaban J connectivity index is 1.41. The number of carbonyl (C=O) groups excluding carboxylic acids is 2. The molecule has 4 rings (SSSR count). The molecular weight excluding hydrogens is 338 g/mol. The third kappa shape index (κ3) is 3.20. The van der Waals surface area contributed by atoms with E-state index in [0.717, 1.165) is 23.5 Å². The van der Waals surface area contributed by atoms with Crippen molar-refractivity contribution >= 4 is 23.2 Å². The first-order chi connectivity index (χ1) is 12.0. The summed E-state index contributed by atoms with van der Waals surface area (Å²) in [4.78, 5) is 29.8. The van der Waals surface area contributed by atoms with E-state index >= 15 is 0 Å². The Kier molecular flexibility index (Phi) is 4.33. The number of rotatable bonds is 4. The number of hydrogen-bond donors (Lipinski definition) is 1. The van der Waals surface area contributed by atoms with Crippen molar-refractivity contribution in [2.45, 2.75) is 31.4 Å². The molecule has 1 atom stereocenters. The number of nitrogens with zero attached hydrogens (tertiary/aromatic N) is 2. The smallest absolute Gasteiger partial charge is 0.264 e. The first kappa shape index (κ1) is 17.0. The lowest BCUT2D eigenvalue weighted by Crippen LogP contribution is -2.73. The number of morpholine rings is 1. The standard InChI is InChI=1S/C18H25N3O3S/c1-12-5-6-25-15(12)17(23)21-10-18(11-21)9-20(7-13-3-4-13)14(8-24-18)16(22)19-2/h5-6,13-14H,3-4,7-11H2,1-2H3,(H,19,22)/t14-/m0/s1. The maximum atomic E-state index is 12.6. The molecule has 2 saturated heterocycles. The van der Waals surface area contributed by atoms with E-state index in [-0.39, 0.29) is 23.5 Å². The van der Waals surface area contributed by atoms with Crippen molar-refractivity contribution in [2.24, 2.45) is 5.92 Å². The highest BCUT2D eigenvalue weighted by Crippen LogP contribution is 2.36. The van der Waals surface area contributed by atoms with E-state index in [1.54, 1.807) is 7.05 Å². The molecule has 1 N–H and O–H groups in total. The number of thiophene rings is 1. The van der Waals surface area contributed by atoms with Gasteiger partial charge in [-0.2, -0.15) is 0 Å². The monoisotopic (exact) mass is 363 g/mol. The van der Waals surface area contributed by atoms with E-state index in [9.17, 15) is 9.59 Å². The largest absolute Gasteiger partial charge is 0.368 e. The lowest BCUT2D eigenvalue weighted by molar-refractivity contribution is -0.191. The van der Waals surface area contributed by atoms with Gasteiger partial charge in [-0.3, -0.25) is 14.5 Å². The maximum absolute atomic E-state index is 12.6. The summed E-state index contributed by atoms with van der Waals surface area (Å²) in [6, 6.07) is 1.77. The fourth-order valence-electron chi connectivity index (χ4n) is 3.84. The quantitative estimate of drug-likeness (QED) is 0.871. The van der Waals surface area contributed by atoms with Crippen LogP contribution in [0.1, 0.15) is 28.1 Å². The summed E-state index contributed by atoms with van der Waals surface area (Å²) in [7, 11) is 1.68. The van der Waals surface area contributed by atoms with Crippen molar-refractivity contribution in [3.05, 3.63) is 21.9 Å². The maximum Gasteiger partial charge on any atom is 0.264 e. The van der Waals surface area contributed by atoms with Crippen LogP contribution in [0.4, 0.5) is 0 Å². The molecule has 0 radical (unpaired) electrons. The van der Waals surface area contributed by atoms with E-state index < -0.39 is 0 Å². The molecule has 1 aromatic rings. The number of ether oxygens (including phenoxy) is 1. The molecule has 136 valence electrons. The van der Waals surface area contributed by atoms with E-state index in [0.29, 0.717) is 25.6 Å². The van der Waals surface area contributed by atoms with Gasteiger partial charge < -0.3 is 15.0 Å². The summed E-state index contributed by atoms with van der Waals surface area (Å²) in [5, 5.41) is 4.71. The summed E-state index contributed by atoms with van der Waals surface area (Å²) in [6.45, 7) is 5.31. The van der Waals surface area contributed by atoms with Crippen LogP contribution in [0.2, 0.25) is 0 Å². The van der Waals surface area contributed by atoms with Gasteiger partial charge in [0.1, 0.15) is 11.6 Å². The van der Waals surface area contributed by atoms with Crippen LogP contribution in [-0.4, -0.2) is 73.1 Å². The summed E-state index contributed by atoms with van der Waals surface area (Å²) in [5.74, 6) is 0.842. The van der Waals surface area contributed by atoms with Crippen LogP contribution in [0.25, 0.3) is 0 Å². The zero-order valence-corrected chi connectivity index (χ0v) is 15.6. The van der Waals surface area contributed by atoms with E-state index in [1.807, 2.05) is 23.3 Å². The number of nitrogens with one attached hydrogen (secondary N) is 1. The first-order valence-electron chi connectivity index (χ1n) is 8.94. The van der Waals surface area contributed by atoms with Gasteiger partial charge in [0.15, 0.2) is 0 Å². The minimum absolute atomic E-state index is 0.0250. The second-order valence-electron chi connectivity index (χ2n) is 7.59. The molecule has 3 aliphatic rings. The molecular formula is C18H25N3O3S. The molecule has 0 unspecified atom stereocenters. The molecule has 3 fully saturated rings. The molecule has 0 bridgehead atoms. The van der Waals surface area contributed by atoms with Crippen molar-refractivity contribution in [3.63, 3.8) is 0 Å². The average Bonchev–Trinajstić information content (AvgIpc) is 3.29. The van der Waals surface area contributed by atoms with E-state index in [4.69, 9.17) is 4.74 Å². The van der Waals surface area contributed by atoms with Gasteiger partial charge in [-0.15, -0.1) is 11.3 Å². The molecule has 0 aromatic carbocycles. The summed E-state index contributed by atoms with van der Waals surface area (Å²) in [6.07, 6.45) is 2.51. The third-order valence-corrected chi connectivity index (χ3v) is 6.52. The predicted octanol–water partition coefficient (Wildman–Crippen LogP) is 1.11. The van der Waals surface area contributed by atoms with Crippen molar-refractivity contribution in [1.29, 1.82) is 0 Å². The molecule has 2 aliphatic heterocycles. The fourth-order valence-corrected chi connectivity index (χ4v) is 4.73. The third-order valence-electron chi connectivity index (χ3n) is 5.52. The summed E-state index contributed by atoms with van der Waals surface area (Å²) >= 11 is 1.50. The van der Waals surface area contributed by atoms with Crippen LogP contribution >= 0.6 is 11.3 Å². The Morgan fingerprint density at radius 3 is 2.72 bits per heavy atom. The molecule has 1 aromatic heterocycles. The van der Waals surface area contributed by atoms with Crippen LogP contribution in [0.5, 0.6) is 0 Å².